The van der Waals surface area contributed by atoms with E-state index in [0.29, 0.717) is 23.0 Å². The van der Waals surface area contributed by atoms with Crippen LogP contribution < -0.4 is 5.32 Å². The van der Waals surface area contributed by atoms with Gasteiger partial charge in [-0.25, -0.2) is 0 Å². The summed E-state index contributed by atoms with van der Waals surface area (Å²) in [5.74, 6) is 0. The number of nitrogens with one attached hydrogen (secondary N) is 1. The number of ether oxygens (including phenoxy) is 1. The summed E-state index contributed by atoms with van der Waals surface area (Å²) in [4.78, 5) is 0. The molecule has 0 radical (unpaired) electrons. The van der Waals surface area contributed by atoms with Crippen LogP contribution in [0, 0.1) is 10.8 Å². The van der Waals surface area contributed by atoms with Gasteiger partial charge in [0, 0.05) is 24.1 Å². The van der Waals surface area contributed by atoms with Crippen LogP contribution in [0.4, 0.5) is 0 Å². The molecule has 0 bridgehead atoms. The van der Waals surface area contributed by atoms with Gasteiger partial charge >= 0.3 is 0 Å². The van der Waals surface area contributed by atoms with Gasteiger partial charge in [0.2, 0.25) is 0 Å². The molecule has 0 aromatic carbocycles. The zero-order valence-electron chi connectivity index (χ0n) is 13.6. The van der Waals surface area contributed by atoms with Crippen LogP contribution in [0.25, 0.3) is 0 Å². The van der Waals surface area contributed by atoms with E-state index in [2.05, 4.69) is 39.9 Å². The van der Waals surface area contributed by atoms with E-state index >= 15 is 0 Å². The fourth-order valence-corrected chi connectivity index (χ4v) is 3.76. The highest BCUT2D eigenvalue weighted by Gasteiger charge is 2.49. The van der Waals surface area contributed by atoms with Crippen molar-refractivity contribution in [1.82, 2.24) is 5.32 Å². The quantitative estimate of drug-likeness (QED) is 0.773. The Kier molecular flexibility index (Phi) is 4.62. The molecular weight excluding hydrogens is 234 g/mol. The maximum atomic E-state index is 5.83. The molecule has 2 nitrogen and oxygen atoms in total. The topological polar surface area (TPSA) is 21.3 Å². The summed E-state index contributed by atoms with van der Waals surface area (Å²) in [6.07, 6.45) is 8.49. The van der Waals surface area contributed by atoms with E-state index in [0.717, 1.165) is 12.6 Å². The van der Waals surface area contributed by atoms with E-state index in [1.165, 1.54) is 38.5 Å². The van der Waals surface area contributed by atoms with Gasteiger partial charge in [-0.05, 0) is 44.4 Å². The Morgan fingerprint density at radius 1 is 1.11 bits per heavy atom. The monoisotopic (exact) mass is 267 g/mol. The SMILES string of the molecule is CCOC1CC(NC2CCCC(C)(C)CC2)C1(C)C. The number of hydrogen-bond donors (Lipinski definition) is 1. The summed E-state index contributed by atoms with van der Waals surface area (Å²) in [6, 6.07) is 1.38. The molecule has 2 heteroatoms. The van der Waals surface area contributed by atoms with Crippen molar-refractivity contribution in [3.63, 3.8) is 0 Å². The summed E-state index contributed by atoms with van der Waals surface area (Å²) in [5.41, 5.74) is 0.858. The van der Waals surface area contributed by atoms with Crippen LogP contribution in [0.2, 0.25) is 0 Å². The lowest BCUT2D eigenvalue weighted by Crippen LogP contribution is -2.62. The van der Waals surface area contributed by atoms with Gasteiger partial charge < -0.3 is 10.1 Å². The largest absolute Gasteiger partial charge is 0.378 e. The number of rotatable bonds is 4. The highest BCUT2D eigenvalue weighted by atomic mass is 16.5. The Morgan fingerprint density at radius 2 is 1.84 bits per heavy atom. The Morgan fingerprint density at radius 3 is 2.47 bits per heavy atom. The predicted molar refractivity (Wildman–Crippen MR) is 81.4 cm³/mol. The molecular formula is C17H33NO. The van der Waals surface area contributed by atoms with E-state index in [4.69, 9.17) is 4.74 Å². The van der Waals surface area contributed by atoms with Crippen molar-refractivity contribution in [2.75, 3.05) is 6.61 Å². The first-order chi connectivity index (χ1) is 8.85. The van der Waals surface area contributed by atoms with E-state index in [1.807, 2.05) is 0 Å². The number of hydrogen-bond acceptors (Lipinski definition) is 2. The first-order valence-electron chi connectivity index (χ1n) is 8.23. The molecule has 1 N–H and O–H groups in total. The molecule has 0 saturated heterocycles. The van der Waals surface area contributed by atoms with Crippen LogP contribution >= 0.6 is 0 Å². The molecule has 0 aromatic rings. The lowest BCUT2D eigenvalue weighted by atomic mass is 9.64. The highest BCUT2D eigenvalue weighted by Crippen LogP contribution is 2.44. The van der Waals surface area contributed by atoms with Gasteiger partial charge in [0.05, 0.1) is 6.10 Å². The maximum Gasteiger partial charge on any atom is 0.0655 e. The van der Waals surface area contributed by atoms with Crippen molar-refractivity contribution in [1.29, 1.82) is 0 Å². The molecule has 0 amide bonds. The molecule has 3 atom stereocenters. The average molecular weight is 267 g/mol. The Labute approximate surface area is 119 Å². The van der Waals surface area contributed by atoms with Crippen molar-refractivity contribution in [3.05, 3.63) is 0 Å². The molecule has 2 saturated carbocycles. The standard InChI is InChI=1S/C17H33NO/c1-6-19-15-12-14(17(15,4)5)18-13-8-7-10-16(2,3)11-9-13/h13-15,18H,6-12H2,1-5H3. The van der Waals surface area contributed by atoms with Crippen LogP contribution in [0.3, 0.4) is 0 Å². The first kappa shape index (κ1) is 15.3. The van der Waals surface area contributed by atoms with E-state index in [-0.39, 0.29) is 0 Å². The average Bonchev–Trinajstić information content (AvgIpc) is 2.49. The second-order valence-corrected chi connectivity index (χ2v) is 8.01. The third-order valence-corrected chi connectivity index (χ3v) is 5.56. The molecule has 19 heavy (non-hydrogen) atoms. The Hall–Kier alpha value is -0.0800. The summed E-state index contributed by atoms with van der Waals surface area (Å²) in [5, 5.41) is 3.93. The fourth-order valence-electron chi connectivity index (χ4n) is 3.76. The smallest absolute Gasteiger partial charge is 0.0655 e. The Balaban J connectivity index is 1.82. The van der Waals surface area contributed by atoms with Crippen LogP contribution in [0.15, 0.2) is 0 Å². The van der Waals surface area contributed by atoms with Gasteiger partial charge in [-0.1, -0.05) is 34.1 Å². The summed E-state index contributed by atoms with van der Waals surface area (Å²) in [7, 11) is 0. The van der Waals surface area contributed by atoms with Gasteiger partial charge in [0.1, 0.15) is 0 Å². The molecule has 2 fully saturated rings. The normalized spacial score (nSPS) is 37.4. The van der Waals surface area contributed by atoms with Gasteiger partial charge in [-0.2, -0.15) is 0 Å². The summed E-state index contributed by atoms with van der Waals surface area (Å²) in [6.45, 7) is 12.5. The van der Waals surface area contributed by atoms with Crippen LogP contribution in [-0.4, -0.2) is 24.8 Å². The minimum absolute atomic E-state index is 0.303. The van der Waals surface area contributed by atoms with Crippen molar-refractivity contribution in [2.24, 2.45) is 10.8 Å². The minimum Gasteiger partial charge on any atom is -0.378 e. The first-order valence-corrected chi connectivity index (χ1v) is 8.23. The molecule has 0 aromatic heterocycles. The second kappa shape index (κ2) is 5.73. The second-order valence-electron chi connectivity index (χ2n) is 8.01. The summed E-state index contributed by atoms with van der Waals surface area (Å²) < 4.78 is 5.83. The predicted octanol–water partition coefficient (Wildman–Crippen LogP) is 4.14. The molecule has 2 rings (SSSR count). The molecule has 0 heterocycles. The third-order valence-electron chi connectivity index (χ3n) is 5.56. The van der Waals surface area contributed by atoms with Gasteiger partial charge in [0.15, 0.2) is 0 Å². The van der Waals surface area contributed by atoms with Gasteiger partial charge in [-0.15, -0.1) is 0 Å². The Bertz CT molecular complexity index is 298. The van der Waals surface area contributed by atoms with Gasteiger partial charge in [0.25, 0.3) is 0 Å². The van der Waals surface area contributed by atoms with E-state index < -0.39 is 0 Å². The summed E-state index contributed by atoms with van der Waals surface area (Å²) >= 11 is 0. The lowest BCUT2D eigenvalue weighted by Gasteiger charge is -2.53. The molecule has 0 aliphatic heterocycles. The zero-order chi connectivity index (χ0) is 14.1. The molecule has 112 valence electrons. The molecule has 2 aliphatic rings. The molecule has 2 aliphatic carbocycles. The highest BCUT2D eigenvalue weighted by molar-refractivity contribution is 5.03. The van der Waals surface area contributed by atoms with Crippen LogP contribution in [0.1, 0.15) is 73.1 Å². The van der Waals surface area contributed by atoms with Crippen molar-refractivity contribution in [3.8, 4) is 0 Å². The zero-order valence-corrected chi connectivity index (χ0v) is 13.6. The lowest BCUT2D eigenvalue weighted by molar-refractivity contribution is -0.116. The van der Waals surface area contributed by atoms with Crippen LogP contribution in [0.5, 0.6) is 0 Å². The molecule has 3 unspecified atom stereocenters. The van der Waals surface area contributed by atoms with Crippen LogP contribution in [-0.2, 0) is 4.74 Å². The van der Waals surface area contributed by atoms with E-state index in [9.17, 15) is 0 Å². The van der Waals surface area contributed by atoms with Gasteiger partial charge in [-0.3, -0.25) is 0 Å². The minimum atomic E-state index is 0.303. The fraction of sp³-hybridized carbons (Fsp3) is 1.00. The van der Waals surface area contributed by atoms with Crippen molar-refractivity contribution >= 4 is 0 Å². The van der Waals surface area contributed by atoms with Crippen molar-refractivity contribution in [2.45, 2.75) is 91.3 Å². The molecule has 0 spiro atoms. The maximum absolute atomic E-state index is 5.83. The third kappa shape index (κ3) is 3.52. The van der Waals surface area contributed by atoms with E-state index in [1.54, 1.807) is 0 Å². The van der Waals surface area contributed by atoms with Crippen molar-refractivity contribution < 1.29 is 4.74 Å².